The first-order valence-corrected chi connectivity index (χ1v) is 8.14. The molecule has 2 aliphatic carbocycles. The van der Waals surface area contributed by atoms with Crippen LogP contribution in [0.1, 0.15) is 70.8 Å². The largest absolute Gasteiger partial charge is 0.353 e. The normalized spacial score (nSPS) is 23.6. The Kier molecular flexibility index (Phi) is 4.09. The lowest BCUT2D eigenvalue weighted by atomic mass is 9.95. The Morgan fingerprint density at radius 1 is 1.11 bits per heavy atom. The van der Waals surface area contributed by atoms with E-state index in [2.05, 4.69) is 28.0 Å². The van der Waals surface area contributed by atoms with Gasteiger partial charge in [0.05, 0.1) is 0 Å². The van der Waals surface area contributed by atoms with Crippen molar-refractivity contribution in [2.24, 2.45) is 5.92 Å². The van der Waals surface area contributed by atoms with E-state index in [4.69, 9.17) is 0 Å². The van der Waals surface area contributed by atoms with Gasteiger partial charge in [0.25, 0.3) is 0 Å². The molecule has 2 aliphatic rings. The standard InChI is InChI=1S/C16H27N3/c1-13(14-7-5-6-8-14)18-16-17-11-12-19(16)15-9-3-2-4-10-15/h11-15H,2-10H2,1H3,(H,17,18). The summed E-state index contributed by atoms with van der Waals surface area (Å²) in [6.45, 7) is 2.33. The second-order valence-corrected chi connectivity index (χ2v) is 6.43. The van der Waals surface area contributed by atoms with Gasteiger partial charge in [-0.05, 0) is 38.5 Å². The maximum Gasteiger partial charge on any atom is 0.203 e. The van der Waals surface area contributed by atoms with Crippen molar-refractivity contribution < 1.29 is 0 Å². The van der Waals surface area contributed by atoms with E-state index in [0.717, 1.165) is 11.9 Å². The lowest BCUT2D eigenvalue weighted by Crippen LogP contribution is -2.26. The zero-order valence-electron chi connectivity index (χ0n) is 12.1. The van der Waals surface area contributed by atoms with E-state index in [0.29, 0.717) is 12.1 Å². The van der Waals surface area contributed by atoms with Gasteiger partial charge >= 0.3 is 0 Å². The maximum atomic E-state index is 4.55. The van der Waals surface area contributed by atoms with E-state index in [1.165, 1.54) is 57.8 Å². The van der Waals surface area contributed by atoms with Crippen LogP contribution in [0, 0.1) is 5.92 Å². The molecule has 0 aromatic carbocycles. The topological polar surface area (TPSA) is 29.9 Å². The van der Waals surface area contributed by atoms with Crippen molar-refractivity contribution in [3.63, 3.8) is 0 Å². The van der Waals surface area contributed by atoms with Gasteiger partial charge in [-0.25, -0.2) is 4.98 Å². The second kappa shape index (κ2) is 5.98. The highest BCUT2D eigenvalue weighted by Gasteiger charge is 2.24. The number of anilines is 1. The fourth-order valence-corrected chi connectivity index (χ4v) is 3.86. The maximum absolute atomic E-state index is 4.55. The molecule has 1 unspecified atom stereocenters. The lowest BCUT2D eigenvalue weighted by molar-refractivity contribution is 0.354. The quantitative estimate of drug-likeness (QED) is 0.871. The Hall–Kier alpha value is -0.990. The van der Waals surface area contributed by atoms with Crippen molar-refractivity contribution in [3.8, 4) is 0 Å². The molecule has 1 aromatic heterocycles. The van der Waals surface area contributed by atoms with E-state index in [1.807, 2.05) is 6.20 Å². The molecule has 1 heterocycles. The fraction of sp³-hybridized carbons (Fsp3) is 0.812. The van der Waals surface area contributed by atoms with Crippen molar-refractivity contribution in [2.75, 3.05) is 5.32 Å². The van der Waals surface area contributed by atoms with Crippen LogP contribution in [-0.2, 0) is 0 Å². The van der Waals surface area contributed by atoms with Crippen molar-refractivity contribution >= 4 is 5.95 Å². The summed E-state index contributed by atoms with van der Waals surface area (Å²) < 4.78 is 2.39. The van der Waals surface area contributed by atoms with Gasteiger partial charge in [0, 0.05) is 24.5 Å². The molecule has 0 saturated heterocycles. The summed E-state index contributed by atoms with van der Waals surface area (Å²) in [5.74, 6) is 1.95. The molecule has 106 valence electrons. The number of imidazole rings is 1. The van der Waals surface area contributed by atoms with Crippen LogP contribution in [0.5, 0.6) is 0 Å². The van der Waals surface area contributed by atoms with E-state index < -0.39 is 0 Å². The molecule has 3 nitrogen and oxygen atoms in total. The fourth-order valence-electron chi connectivity index (χ4n) is 3.86. The van der Waals surface area contributed by atoms with Crippen LogP contribution in [0.3, 0.4) is 0 Å². The van der Waals surface area contributed by atoms with Gasteiger partial charge in [-0.15, -0.1) is 0 Å². The Morgan fingerprint density at radius 3 is 2.53 bits per heavy atom. The molecule has 1 atom stereocenters. The average molecular weight is 261 g/mol. The van der Waals surface area contributed by atoms with Crippen LogP contribution in [0.2, 0.25) is 0 Å². The molecular weight excluding hydrogens is 234 g/mol. The van der Waals surface area contributed by atoms with Crippen molar-refractivity contribution in [3.05, 3.63) is 12.4 Å². The monoisotopic (exact) mass is 261 g/mol. The van der Waals surface area contributed by atoms with Gasteiger partial charge < -0.3 is 9.88 Å². The molecular formula is C16H27N3. The minimum Gasteiger partial charge on any atom is -0.353 e. The van der Waals surface area contributed by atoms with Gasteiger partial charge in [0.15, 0.2) is 0 Å². The third-order valence-corrected chi connectivity index (χ3v) is 5.10. The third-order valence-electron chi connectivity index (χ3n) is 5.10. The highest BCUT2D eigenvalue weighted by molar-refractivity contribution is 5.28. The summed E-state index contributed by atoms with van der Waals surface area (Å²) in [7, 11) is 0. The first-order chi connectivity index (χ1) is 9.34. The molecule has 0 amide bonds. The highest BCUT2D eigenvalue weighted by atomic mass is 15.2. The van der Waals surface area contributed by atoms with Crippen molar-refractivity contribution in [1.82, 2.24) is 9.55 Å². The summed E-state index contributed by atoms with van der Waals surface area (Å²) in [6, 6.07) is 1.24. The predicted octanol–water partition coefficient (Wildman–Crippen LogP) is 4.38. The minimum absolute atomic E-state index is 0.562. The summed E-state index contributed by atoms with van der Waals surface area (Å²) in [5.41, 5.74) is 0. The Bertz CT molecular complexity index is 386. The third kappa shape index (κ3) is 2.96. The summed E-state index contributed by atoms with van der Waals surface area (Å²) in [6.07, 6.45) is 16.5. The van der Waals surface area contributed by atoms with Gasteiger partial charge in [0.2, 0.25) is 5.95 Å². The van der Waals surface area contributed by atoms with Crippen molar-refractivity contribution in [1.29, 1.82) is 0 Å². The first kappa shape index (κ1) is 13.0. The van der Waals surface area contributed by atoms with Gasteiger partial charge in [-0.3, -0.25) is 0 Å². The average Bonchev–Trinajstić information content (AvgIpc) is 3.11. The molecule has 3 heteroatoms. The first-order valence-electron chi connectivity index (χ1n) is 8.14. The second-order valence-electron chi connectivity index (χ2n) is 6.43. The molecule has 19 heavy (non-hydrogen) atoms. The molecule has 2 saturated carbocycles. The number of aromatic nitrogens is 2. The van der Waals surface area contributed by atoms with E-state index >= 15 is 0 Å². The van der Waals surface area contributed by atoms with E-state index in [-0.39, 0.29) is 0 Å². The number of hydrogen-bond donors (Lipinski definition) is 1. The predicted molar refractivity (Wildman–Crippen MR) is 79.4 cm³/mol. The van der Waals surface area contributed by atoms with Crippen LogP contribution >= 0.6 is 0 Å². The van der Waals surface area contributed by atoms with Crippen LogP contribution in [-0.4, -0.2) is 15.6 Å². The SMILES string of the molecule is CC(Nc1nccn1C1CCCCC1)C1CCCC1. The molecule has 1 aromatic rings. The molecule has 2 fully saturated rings. The number of hydrogen-bond acceptors (Lipinski definition) is 2. The molecule has 0 radical (unpaired) electrons. The van der Waals surface area contributed by atoms with Gasteiger partial charge in [-0.1, -0.05) is 32.1 Å². The Balaban J connectivity index is 1.65. The molecule has 0 spiro atoms. The smallest absolute Gasteiger partial charge is 0.203 e. The number of nitrogens with one attached hydrogen (secondary N) is 1. The molecule has 1 N–H and O–H groups in total. The van der Waals surface area contributed by atoms with Gasteiger partial charge in [0.1, 0.15) is 0 Å². The highest BCUT2D eigenvalue weighted by Crippen LogP contribution is 2.32. The minimum atomic E-state index is 0.562. The summed E-state index contributed by atoms with van der Waals surface area (Å²) >= 11 is 0. The van der Waals surface area contributed by atoms with E-state index in [9.17, 15) is 0 Å². The van der Waals surface area contributed by atoms with Crippen LogP contribution in [0.25, 0.3) is 0 Å². The van der Waals surface area contributed by atoms with Gasteiger partial charge in [-0.2, -0.15) is 0 Å². The van der Waals surface area contributed by atoms with Crippen molar-refractivity contribution in [2.45, 2.75) is 76.8 Å². The van der Waals surface area contributed by atoms with Crippen LogP contribution in [0.15, 0.2) is 12.4 Å². The van der Waals surface area contributed by atoms with Crippen LogP contribution in [0.4, 0.5) is 5.95 Å². The number of nitrogens with zero attached hydrogens (tertiary/aromatic N) is 2. The molecule has 3 rings (SSSR count). The van der Waals surface area contributed by atoms with E-state index in [1.54, 1.807) is 0 Å². The number of rotatable bonds is 4. The molecule has 0 bridgehead atoms. The Morgan fingerprint density at radius 2 is 1.79 bits per heavy atom. The molecule has 0 aliphatic heterocycles. The summed E-state index contributed by atoms with van der Waals surface area (Å²) in [5, 5.41) is 3.68. The zero-order chi connectivity index (χ0) is 13.1. The lowest BCUT2D eigenvalue weighted by Gasteiger charge is -2.27. The van der Waals surface area contributed by atoms with Crippen LogP contribution < -0.4 is 5.32 Å². The zero-order valence-corrected chi connectivity index (χ0v) is 12.1. The summed E-state index contributed by atoms with van der Waals surface area (Å²) in [4.78, 5) is 4.55. The Labute approximate surface area is 116 Å².